The second-order valence-corrected chi connectivity index (χ2v) is 17.3. The maximum Gasteiger partial charge on any atom is 0.159 e. The number of benzene rings is 9. The lowest BCUT2D eigenvalue weighted by Gasteiger charge is -2.40. The Bertz CT molecular complexity index is 3320. The van der Waals surface area contributed by atoms with E-state index >= 15 is 0 Å². The Labute approximate surface area is 337 Å². The number of thiophene rings is 1. The van der Waals surface area contributed by atoms with Crippen LogP contribution in [0.5, 0.6) is 0 Å². The van der Waals surface area contributed by atoms with E-state index in [1.165, 1.54) is 74.1 Å². The molecule has 0 N–H and O–H groups in total. The van der Waals surface area contributed by atoms with Crippen LogP contribution in [0.2, 0.25) is 0 Å². The molecule has 0 unspecified atom stereocenters. The molecular formula is C53H31NOS2. The van der Waals surface area contributed by atoms with Crippen LogP contribution in [0.1, 0.15) is 22.3 Å². The molecule has 1 spiro atoms. The Kier molecular flexibility index (Phi) is 6.50. The van der Waals surface area contributed by atoms with Gasteiger partial charge in [-0.25, -0.2) is 0 Å². The first-order valence-electron chi connectivity index (χ1n) is 19.4. The van der Waals surface area contributed by atoms with Crippen LogP contribution in [0.25, 0.3) is 64.0 Å². The molecule has 0 atom stereocenters. The lowest BCUT2D eigenvalue weighted by Crippen LogP contribution is -2.32. The highest BCUT2D eigenvalue weighted by atomic mass is 32.2. The summed E-state index contributed by atoms with van der Waals surface area (Å²) in [6.07, 6.45) is 0. The van der Waals surface area contributed by atoms with Gasteiger partial charge in [0.2, 0.25) is 0 Å². The largest absolute Gasteiger partial charge is 0.454 e. The van der Waals surface area contributed by atoms with E-state index in [2.05, 4.69) is 193 Å². The second-order valence-electron chi connectivity index (χ2n) is 15.1. The van der Waals surface area contributed by atoms with Gasteiger partial charge in [-0.1, -0.05) is 151 Å². The van der Waals surface area contributed by atoms with Crippen molar-refractivity contribution in [1.82, 2.24) is 0 Å². The van der Waals surface area contributed by atoms with Crippen LogP contribution in [0, 0.1) is 0 Å². The lowest BCUT2D eigenvalue weighted by molar-refractivity contribution is 0.669. The highest BCUT2D eigenvalue weighted by Gasteiger charge is 2.51. The van der Waals surface area contributed by atoms with Crippen LogP contribution in [0.4, 0.5) is 17.1 Å². The summed E-state index contributed by atoms with van der Waals surface area (Å²) in [5, 5.41) is 7.32. The summed E-state index contributed by atoms with van der Waals surface area (Å²) in [4.78, 5) is 5.06. The minimum absolute atomic E-state index is 0.524. The summed E-state index contributed by atoms with van der Waals surface area (Å²) in [6.45, 7) is 0. The lowest BCUT2D eigenvalue weighted by atomic mass is 9.67. The van der Waals surface area contributed by atoms with Crippen LogP contribution in [0.15, 0.2) is 202 Å². The monoisotopic (exact) mass is 761 g/mol. The van der Waals surface area contributed by atoms with Gasteiger partial charge in [0.25, 0.3) is 0 Å². The molecule has 11 aromatic rings. The summed E-state index contributed by atoms with van der Waals surface area (Å²) in [5.41, 5.74) is 12.4. The molecule has 0 amide bonds. The van der Waals surface area contributed by atoms with Gasteiger partial charge in [-0.2, -0.15) is 0 Å². The second kappa shape index (κ2) is 11.7. The van der Waals surface area contributed by atoms with E-state index in [1.807, 2.05) is 23.1 Å². The molecule has 1 aliphatic heterocycles. The molecule has 13 rings (SSSR count). The fourth-order valence-corrected chi connectivity index (χ4v) is 12.4. The fourth-order valence-electron chi connectivity index (χ4n) is 10.0. The number of hydrogen-bond acceptors (Lipinski definition) is 4. The number of anilines is 3. The van der Waals surface area contributed by atoms with E-state index in [0.717, 1.165) is 39.0 Å². The predicted molar refractivity (Wildman–Crippen MR) is 240 cm³/mol. The third-order valence-electron chi connectivity index (χ3n) is 12.3. The quantitative estimate of drug-likeness (QED) is 0.178. The average molecular weight is 762 g/mol. The molecule has 1 aliphatic carbocycles. The van der Waals surface area contributed by atoms with Crippen molar-refractivity contribution in [3.8, 4) is 11.1 Å². The first-order valence-corrected chi connectivity index (χ1v) is 21.1. The Morgan fingerprint density at radius 1 is 0.456 bits per heavy atom. The molecule has 266 valence electrons. The first-order chi connectivity index (χ1) is 28.3. The van der Waals surface area contributed by atoms with Gasteiger partial charge >= 0.3 is 0 Å². The minimum Gasteiger partial charge on any atom is -0.454 e. The zero-order valence-electron chi connectivity index (χ0n) is 30.6. The molecule has 2 nitrogen and oxygen atoms in total. The molecule has 0 bridgehead atoms. The minimum atomic E-state index is -0.524. The van der Waals surface area contributed by atoms with Crippen molar-refractivity contribution in [2.45, 2.75) is 15.2 Å². The van der Waals surface area contributed by atoms with Gasteiger partial charge in [-0.3, -0.25) is 0 Å². The number of nitrogens with zero attached hydrogens (tertiary/aromatic N) is 1. The summed E-state index contributed by atoms with van der Waals surface area (Å²) in [5.74, 6) is 0. The molecule has 9 aromatic carbocycles. The maximum absolute atomic E-state index is 6.83. The van der Waals surface area contributed by atoms with Gasteiger partial charge in [-0.15, -0.1) is 11.3 Å². The van der Waals surface area contributed by atoms with Crippen molar-refractivity contribution >= 4 is 93.0 Å². The normalized spacial score (nSPS) is 13.7. The van der Waals surface area contributed by atoms with Gasteiger partial charge in [-0.05, 0) is 92.7 Å². The van der Waals surface area contributed by atoms with Crippen molar-refractivity contribution in [3.63, 3.8) is 0 Å². The van der Waals surface area contributed by atoms with E-state index in [9.17, 15) is 0 Å². The van der Waals surface area contributed by atoms with Crippen molar-refractivity contribution in [3.05, 3.63) is 210 Å². The fraction of sp³-hybridized carbons (Fsp3) is 0.0189. The molecule has 0 saturated heterocycles. The predicted octanol–water partition coefficient (Wildman–Crippen LogP) is 15.4. The van der Waals surface area contributed by atoms with E-state index in [1.54, 1.807) is 0 Å². The molecule has 57 heavy (non-hydrogen) atoms. The van der Waals surface area contributed by atoms with Crippen LogP contribution in [-0.2, 0) is 5.41 Å². The van der Waals surface area contributed by atoms with E-state index in [4.69, 9.17) is 4.42 Å². The Hall–Kier alpha value is -6.59. The molecule has 4 heteroatoms. The molecule has 2 aliphatic rings. The van der Waals surface area contributed by atoms with E-state index in [-0.39, 0.29) is 0 Å². The molecule has 0 fully saturated rings. The van der Waals surface area contributed by atoms with Crippen LogP contribution >= 0.6 is 23.1 Å². The van der Waals surface area contributed by atoms with E-state index < -0.39 is 5.41 Å². The van der Waals surface area contributed by atoms with Crippen molar-refractivity contribution in [1.29, 1.82) is 0 Å². The summed E-state index contributed by atoms with van der Waals surface area (Å²) >= 11 is 3.75. The Morgan fingerprint density at radius 3 is 1.96 bits per heavy atom. The zero-order chi connectivity index (χ0) is 37.2. The zero-order valence-corrected chi connectivity index (χ0v) is 32.2. The summed E-state index contributed by atoms with van der Waals surface area (Å²) in [6, 6.07) is 69.5. The van der Waals surface area contributed by atoms with Crippen molar-refractivity contribution < 1.29 is 4.42 Å². The number of para-hydroxylation sites is 2. The highest BCUT2D eigenvalue weighted by molar-refractivity contribution is 7.99. The van der Waals surface area contributed by atoms with Crippen LogP contribution in [-0.4, -0.2) is 0 Å². The van der Waals surface area contributed by atoms with Gasteiger partial charge in [0.05, 0.1) is 21.5 Å². The molecular weight excluding hydrogens is 731 g/mol. The average Bonchev–Trinajstić information content (AvgIpc) is 3.93. The highest BCUT2D eigenvalue weighted by Crippen LogP contribution is 2.64. The maximum atomic E-state index is 6.83. The number of hydrogen-bond donors (Lipinski definition) is 0. The summed E-state index contributed by atoms with van der Waals surface area (Å²) < 4.78 is 9.37. The van der Waals surface area contributed by atoms with E-state index in [0.29, 0.717) is 0 Å². The molecule has 0 saturated carbocycles. The first kappa shape index (κ1) is 31.6. The number of fused-ring (bicyclic) bond motifs is 17. The Morgan fingerprint density at radius 2 is 1.12 bits per heavy atom. The third kappa shape index (κ3) is 4.21. The third-order valence-corrected chi connectivity index (χ3v) is 14.7. The molecule has 3 heterocycles. The molecule has 0 radical (unpaired) electrons. The van der Waals surface area contributed by atoms with Gasteiger partial charge in [0.15, 0.2) is 5.58 Å². The topological polar surface area (TPSA) is 16.4 Å². The summed E-state index contributed by atoms with van der Waals surface area (Å²) in [7, 11) is 0. The molecule has 2 aromatic heterocycles. The van der Waals surface area contributed by atoms with Crippen molar-refractivity contribution in [2.24, 2.45) is 0 Å². The van der Waals surface area contributed by atoms with Gasteiger partial charge in [0, 0.05) is 41.7 Å². The Balaban J connectivity index is 1.17. The number of rotatable bonds is 3. The smallest absolute Gasteiger partial charge is 0.159 e. The van der Waals surface area contributed by atoms with Crippen LogP contribution in [0.3, 0.4) is 0 Å². The van der Waals surface area contributed by atoms with Gasteiger partial charge in [0.1, 0.15) is 5.58 Å². The standard InChI is InChI=1S/C53H31NOS2/c1-2-14-34-32(13-1)27-30-42-50(34)39-29-28-33(31-43(39)53(42)40-19-5-9-25-48(40)56-49-26-10-6-20-41(49)53)54(44-21-11-17-37-35-15-3-7-23-46(35)55-51(37)44)45-22-12-18-38-36-16-4-8-24-47(36)57-52(38)45/h1-31H. The van der Waals surface area contributed by atoms with Gasteiger partial charge < -0.3 is 9.32 Å². The van der Waals surface area contributed by atoms with Crippen molar-refractivity contribution in [2.75, 3.05) is 4.90 Å². The SMILES string of the molecule is c1ccc2c(c1)Sc1ccccc1C21c2cc(N(c3cccc4c3oc3ccccc34)c3cccc4c3sc3ccccc34)ccc2-c2c1ccc1ccccc21. The van der Waals surface area contributed by atoms with Crippen LogP contribution < -0.4 is 4.90 Å². The number of furan rings is 1.